The standard InChI is InChI=1S/C15H20N2O2/c1-10-7-15(14(8-16)11(2)17-10)19-13-5-3-12(9-18)4-6-13/h7,12-13,18H,3-6,9H2,1-2H3. The molecule has 4 nitrogen and oxygen atoms in total. The van der Waals surface area contributed by atoms with E-state index in [0.29, 0.717) is 17.2 Å². The van der Waals surface area contributed by atoms with E-state index in [1.807, 2.05) is 19.9 Å². The zero-order valence-electron chi connectivity index (χ0n) is 11.5. The molecule has 0 aromatic carbocycles. The number of aryl methyl sites for hydroxylation is 2. The van der Waals surface area contributed by atoms with Crippen molar-refractivity contribution in [3.05, 3.63) is 23.0 Å². The molecule has 1 saturated carbocycles. The van der Waals surface area contributed by atoms with E-state index in [0.717, 1.165) is 37.1 Å². The number of ether oxygens (including phenoxy) is 1. The molecule has 4 heteroatoms. The second-order valence-electron chi connectivity index (χ2n) is 5.28. The van der Waals surface area contributed by atoms with Gasteiger partial charge in [0.25, 0.3) is 0 Å². The van der Waals surface area contributed by atoms with Crippen LogP contribution in [-0.2, 0) is 0 Å². The van der Waals surface area contributed by atoms with Crippen LogP contribution in [0.2, 0.25) is 0 Å². The lowest BCUT2D eigenvalue weighted by Gasteiger charge is -2.28. The summed E-state index contributed by atoms with van der Waals surface area (Å²) in [5.41, 5.74) is 2.13. The summed E-state index contributed by atoms with van der Waals surface area (Å²) in [4.78, 5) is 4.29. The quantitative estimate of drug-likeness (QED) is 0.906. The minimum Gasteiger partial charge on any atom is -0.489 e. The van der Waals surface area contributed by atoms with Crippen LogP contribution in [0.4, 0.5) is 0 Å². The van der Waals surface area contributed by atoms with E-state index in [4.69, 9.17) is 9.84 Å². The lowest BCUT2D eigenvalue weighted by Crippen LogP contribution is -2.26. The predicted molar refractivity (Wildman–Crippen MR) is 71.9 cm³/mol. The highest BCUT2D eigenvalue weighted by molar-refractivity contribution is 5.46. The number of aliphatic hydroxyl groups is 1. The van der Waals surface area contributed by atoms with Crippen molar-refractivity contribution in [1.29, 1.82) is 5.26 Å². The van der Waals surface area contributed by atoms with Crippen LogP contribution < -0.4 is 4.74 Å². The minimum atomic E-state index is 0.149. The summed E-state index contributed by atoms with van der Waals surface area (Å²) in [6.45, 7) is 4.01. The van der Waals surface area contributed by atoms with E-state index in [9.17, 15) is 5.26 Å². The van der Waals surface area contributed by atoms with Crippen LogP contribution in [0.3, 0.4) is 0 Å². The molecule has 102 valence electrons. The topological polar surface area (TPSA) is 66.1 Å². The van der Waals surface area contributed by atoms with Gasteiger partial charge >= 0.3 is 0 Å². The Balaban J connectivity index is 2.10. The molecule has 1 aromatic rings. The van der Waals surface area contributed by atoms with Crippen molar-refractivity contribution < 1.29 is 9.84 Å². The van der Waals surface area contributed by atoms with Gasteiger partial charge in [0, 0.05) is 18.4 Å². The molecule has 1 heterocycles. The van der Waals surface area contributed by atoms with Gasteiger partial charge in [0.15, 0.2) is 0 Å². The summed E-state index contributed by atoms with van der Waals surface area (Å²) in [6, 6.07) is 4.01. The van der Waals surface area contributed by atoms with Gasteiger partial charge in [0.1, 0.15) is 17.4 Å². The van der Waals surface area contributed by atoms with Crippen molar-refractivity contribution in [2.75, 3.05) is 6.61 Å². The lowest BCUT2D eigenvalue weighted by atomic mass is 9.88. The number of rotatable bonds is 3. The maximum absolute atomic E-state index is 9.20. The number of aliphatic hydroxyl groups excluding tert-OH is 1. The van der Waals surface area contributed by atoms with Gasteiger partial charge in [-0.25, -0.2) is 0 Å². The summed E-state index contributed by atoms with van der Waals surface area (Å²) in [7, 11) is 0. The highest BCUT2D eigenvalue weighted by atomic mass is 16.5. The van der Waals surface area contributed by atoms with Crippen molar-refractivity contribution in [2.45, 2.75) is 45.6 Å². The van der Waals surface area contributed by atoms with Crippen LogP contribution in [0.1, 0.15) is 42.6 Å². The first-order chi connectivity index (χ1) is 9.13. The lowest BCUT2D eigenvalue weighted by molar-refractivity contribution is 0.104. The van der Waals surface area contributed by atoms with Gasteiger partial charge in [0.05, 0.1) is 11.8 Å². The second kappa shape index (κ2) is 6.03. The average molecular weight is 260 g/mol. The van der Waals surface area contributed by atoms with Gasteiger partial charge in [-0.1, -0.05) is 0 Å². The summed E-state index contributed by atoms with van der Waals surface area (Å²) < 4.78 is 5.99. The molecule has 0 amide bonds. The van der Waals surface area contributed by atoms with Gasteiger partial charge in [-0.2, -0.15) is 5.26 Å². The second-order valence-corrected chi connectivity index (χ2v) is 5.28. The first kappa shape index (κ1) is 13.8. The molecule has 2 rings (SSSR count). The van der Waals surface area contributed by atoms with Crippen LogP contribution in [0, 0.1) is 31.1 Å². The van der Waals surface area contributed by atoms with E-state index in [2.05, 4.69) is 11.1 Å². The normalized spacial score (nSPS) is 22.8. The van der Waals surface area contributed by atoms with Gasteiger partial charge in [0.2, 0.25) is 0 Å². The zero-order chi connectivity index (χ0) is 13.8. The minimum absolute atomic E-state index is 0.149. The van der Waals surface area contributed by atoms with Crippen LogP contribution in [0.25, 0.3) is 0 Å². The molecule has 0 spiro atoms. The van der Waals surface area contributed by atoms with Crippen LogP contribution >= 0.6 is 0 Å². The molecule has 19 heavy (non-hydrogen) atoms. The number of hydrogen-bond acceptors (Lipinski definition) is 4. The summed E-state index contributed by atoms with van der Waals surface area (Å²) in [6.07, 6.45) is 4.02. The van der Waals surface area contributed by atoms with Crippen LogP contribution in [-0.4, -0.2) is 22.8 Å². The first-order valence-electron chi connectivity index (χ1n) is 6.80. The molecule has 1 N–H and O–H groups in total. The number of hydrogen-bond donors (Lipinski definition) is 1. The maximum Gasteiger partial charge on any atom is 0.141 e. The number of nitrogens with zero attached hydrogens (tertiary/aromatic N) is 2. The smallest absolute Gasteiger partial charge is 0.141 e. The SMILES string of the molecule is Cc1cc(OC2CCC(CO)CC2)c(C#N)c(C)n1. The Labute approximate surface area is 114 Å². The third-order valence-corrected chi connectivity index (χ3v) is 3.75. The molecular formula is C15H20N2O2. The van der Waals surface area contributed by atoms with Crippen molar-refractivity contribution in [2.24, 2.45) is 5.92 Å². The Kier molecular flexibility index (Phi) is 4.39. The van der Waals surface area contributed by atoms with Gasteiger partial charge < -0.3 is 9.84 Å². The number of aromatic nitrogens is 1. The molecule has 0 unspecified atom stereocenters. The molecule has 0 aliphatic heterocycles. The summed E-state index contributed by atoms with van der Waals surface area (Å²) >= 11 is 0. The van der Waals surface area contributed by atoms with Crippen molar-refractivity contribution in [1.82, 2.24) is 4.98 Å². The van der Waals surface area contributed by atoms with Gasteiger partial charge in [-0.15, -0.1) is 0 Å². The fourth-order valence-electron chi connectivity index (χ4n) is 2.63. The Morgan fingerprint density at radius 2 is 2.05 bits per heavy atom. The molecule has 1 aromatic heterocycles. The predicted octanol–water partition coefficient (Wildman–Crippen LogP) is 2.50. The highest BCUT2D eigenvalue weighted by Gasteiger charge is 2.23. The van der Waals surface area contributed by atoms with Crippen molar-refractivity contribution in [3.63, 3.8) is 0 Å². The van der Waals surface area contributed by atoms with Crippen LogP contribution in [0.5, 0.6) is 5.75 Å². The number of pyridine rings is 1. The Morgan fingerprint density at radius 1 is 1.37 bits per heavy atom. The number of nitriles is 1. The first-order valence-corrected chi connectivity index (χ1v) is 6.80. The monoisotopic (exact) mass is 260 g/mol. The molecule has 1 aliphatic rings. The molecule has 0 bridgehead atoms. The summed E-state index contributed by atoms with van der Waals surface area (Å²) in [5.74, 6) is 1.07. The third kappa shape index (κ3) is 3.24. The van der Waals surface area contributed by atoms with Crippen molar-refractivity contribution in [3.8, 4) is 11.8 Å². The van der Waals surface area contributed by atoms with Crippen molar-refractivity contribution >= 4 is 0 Å². The Hall–Kier alpha value is -1.60. The molecule has 0 radical (unpaired) electrons. The third-order valence-electron chi connectivity index (χ3n) is 3.75. The molecule has 1 aliphatic carbocycles. The van der Waals surface area contributed by atoms with E-state index < -0.39 is 0 Å². The fourth-order valence-corrected chi connectivity index (χ4v) is 2.63. The molecular weight excluding hydrogens is 240 g/mol. The largest absolute Gasteiger partial charge is 0.489 e. The zero-order valence-corrected chi connectivity index (χ0v) is 11.5. The Bertz CT molecular complexity index is 486. The maximum atomic E-state index is 9.20. The van der Waals surface area contributed by atoms with E-state index in [1.165, 1.54) is 0 Å². The van der Waals surface area contributed by atoms with E-state index in [1.54, 1.807) is 0 Å². The van der Waals surface area contributed by atoms with Crippen LogP contribution in [0.15, 0.2) is 6.07 Å². The average Bonchev–Trinajstić information content (AvgIpc) is 2.39. The summed E-state index contributed by atoms with van der Waals surface area (Å²) in [5, 5.41) is 18.3. The molecule has 1 fully saturated rings. The van der Waals surface area contributed by atoms with Gasteiger partial charge in [-0.3, -0.25) is 4.98 Å². The van der Waals surface area contributed by atoms with E-state index in [-0.39, 0.29) is 12.7 Å². The van der Waals surface area contributed by atoms with E-state index >= 15 is 0 Å². The fraction of sp³-hybridized carbons (Fsp3) is 0.600. The Morgan fingerprint density at radius 3 is 2.63 bits per heavy atom. The molecule has 0 saturated heterocycles. The highest BCUT2D eigenvalue weighted by Crippen LogP contribution is 2.29. The molecule has 0 atom stereocenters. The van der Waals surface area contributed by atoms with Gasteiger partial charge in [-0.05, 0) is 45.4 Å².